The third-order valence-electron chi connectivity index (χ3n) is 2.20. The van der Waals surface area contributed by atoms with Gasteiger partial charge in [-0.1, -0.05) is 6.07 Å². The van der Waals surface area contributed by atoms with Gasteiger partial charge >= 0.3 is 0 Å². The van der Waals surface area contributed by atoms with Crippen LogP contribution in [0, 0.1) is 6.33 Å². The van der Waals surface area contributed by atoms with Crippen molar-refractivity contribution in [2.24, 2.45) is 0 Å². The van der Waals surface area contributed by atoms with Gasteiger partial charge in [-0.3, -0.25) is 4.98 Å². The van der Waals surface area contributed by atoms with Gasteiger partial charge in [0.25, 0.3) is 0 Å². The SMILES string of the molecule is CC(C)(C)[n+]1[c-]n(-c2ccccn2)cc1. The minimum atomic E-state index is 0.0556. The van der Waals surface area contributed by atoms with Crippen molar-refractivity contribution in [3.8, 4) is 5.82 Å². The first kappa shape index (κ1) is 9.90. The van der Waals surface area contributed by atoms with Crippen LogP contribution in [0.5, 0.6) is 0 Å². The maximum absolute atomic E-state index is 4.26. The van der Waals surface area contributed by atoms with Gasteiger partial charge in [-0.15, -0.1) is 0 Å². The number of nitrogens with zero attached hydrogens (tertiary/aromatic N) is 3. The van der Waals surface area contributed by atoms with Crippen LogP contribution >= 0.6 is 0 Å². The van der Waals surface area contributed by atoms with Crippen LogP contribution in [0.15, 0.2) is 36.8 Å². The van der Waals surface area contributed by atoms with Crippen LogP contribution in [0.1, 0.15) is 20.8 Å². The fraction of sp³-hybridized carbons (Fsp3) is 0.333. The van der Waals surface area contributed by atoms with Crippen molar-refractivity contribution in [3.63, 3.8) is 0 Å². The van der Waals surface area contributed by atoms with Gasteiger partial charge in [0, 0.05) is 18.6 Å². The maximum atomic E-state index is 4.26. The molecular formula is C12H15N3. The molecule has 15 heavy (non-hydrogen) atoms. The van der Waals surface area contributed by atoms with Gasteiger partial charge in [0.05, 0.1) is 5.54 Å². The van der Waals surface area contributed by atoms with Gasteiger partial charge in [0.2, 0.25) is 6.33 Å². The van der Waals surface area contributed by atoms with E-state index in [4.69, 9.17) is 0 Å². The Morgan fingerprint density at radius 1 is 1.33 bits per heavy atom. The molecule has 0 bridgehead atoms. The zero-order valence-electron chi connectivity index (χ0n) is 9.31. The summed E-state index contributed by atoms with van der Waals surface area (Å²) in [6, 6.07) is 5.84. The Morgan fingerprint density at radius 3 is 2.67 bits per heavy atom. The molecule has 0 saturated heterocycles. The van der Waals surface area contributed by atoms with Crippen LogP contribution in [0.3, 0.4) is 0 Å². The van der Waals surface area contributed by atoms with E-state index in [1.165, 1.54) is 0 Å². The number of hydrogen-bond acceptors (Lipinski definition) is 1. The monoisotopic (exact) mass is 201 g/mol. The molecule has 0 fully saturated rings. The van der Waals surface area contributed by atoms with E-state index in [2.05, 4.69) is 32.1 Å². The zero-order valence-corrected chi connectivity index (χ0v) is 9.31. The van der Waals surface area contributed by atoms with Crippen LogP contribution in [0.25, 0.3) is 5.82 Å². The molecule has 0 unspecified atom stereocenters. The predicted octanol–water partition coefficient (Wildman–Crippen LogP) is 1.71. The molecule has 0 spiro atoms. The lowest BCUT2D eigenvalue weighted by Gasteiger charge is -2.16. The quantitative estimate of drug-likeness (QED) is 0.508. The van der Waals surface area contributed by atoms with E-state index in [-0.39, 0.29) is 5.54 Å². The fourth-order valence-corrected chi connectivity index (χ4v) is 1.31. The summed E-state index contributed by atoms with van der Waals surface area (Å²) in [5.74, 6) is 0.889. The van der Waals surface area contributed by atoms with Gasteiger partial charge in [-0.25, -0.2) is 0 Å². The highest BCUT2D eigenvalue weighted by atomic mass is 15.2. The summed E-state index contributed by atoms with van der Waals surface area (Å²) in [5.41, 5.74) is 0.0556. The van der Waals surface area contributed by atoms with E-state index in [9.17, 15) is 0 Å². The molecule has 2 rings (SSSR count). The molecule has 0 aliphatic heterocycles. The Bertz CT molecular complexity index is 437. The van der Waals surface area contributed by atoms with Gasteiger partial charge in [-0.2, -0.15) is 0 Å². The molecule has 2 aromatic heterocycles. The molecule has 0 aromatic carbocycles. The minimum absolute atomic E-state index is 0.0556. The van der Waals surface area contributed by atoms with Gasteiger partial charge < -0.3 is 9.13 Å². The molecule has 2 aromatic rings. The second kappa shape index (κ2) is 3.50. The van der Waals surface area contributed by atoms with Gasteiger partial charge in [0.15, 0.2) is 0 Å². The number of rotatable bonds is 1. The second-order valence-corrected chi connectivity index (χ2v) is 4.50. The topological polar surface area (TPSA) is 21.7 Å². The number of hydrogen-bond donors (Lipinski definition) is 0. The summed E-state index contributed by atoms with van der Waals surface area (Å²) in [5, 5.41) is 0. The van der Waals surface area contributed by atoms with E-state index in [0.29, 0.717) is 0 Å². The van der Waals surface area contributed by atoms with E-state index < -0.39 is 0 Å². The Kier molecular flexibility index (Phi) is 2.31. The molecule has 2 heterocycles. The van der Waals surface area contributed by atoms with Gasteiger partial charge in [-0.05, 0) is 32.9 Å². The lowest BCUT2D eigenvalue weighted by atomic mass is 10.1. The minimum Gasteiger partial charge on any atom is -0.315 e. The molecule has 0 aliphatic carbocycles. The van der Waals surface area contributed by atoms with Crippen LogP contribution in [-0.4, -0.2) is 9.55 Å². The summed E-state index contributed by atoms with van der Waals surface area (Å²) in [4.78, 5) is 4.26. The largest absolute Gasteiger partial charge is 0.315 e. The van der Waals surface area contributed by atoms with Crippen molar-refractivity contribution in [1.82, 2.24) is 9.55 Å². The van der Waals surface area contributed by atoms with Crippen molar-refractivity contribution < 1.29 is 4.57 Å². The molecule has 78 valence electrons. The molecule has 3 nitrogen and oxygen atoms in total. The highest BCUT2D eigenvalue weighted by Crippen LogP contribution is 2.05. The smallest absolute Gasteiger partial charge is 0.244 e. The Balaban J connectivity index is 2.37. The van der Waals surface area contributed by atoms with E-state index in [0.717, 1.165) is 5.82 Å². The van der Waals surface area contributed by atoms with Crippen molar-refractivity contribution >= 4 is 0 Å². The van der Waals surface area contributed by atoms with Crippen molar-refractivity contribution in [2.45, 2.75) is 26.3 Å². The third kappa shape index (κ3) is 2.06. The summed E-state index contributed by atoms with van der Waals surface area (Å²) >= 11 is 0. The first-order chi connectivity index (χ1) is 7.07. The second-order valence-electron chi connectivity index (χ2n) is 4.50. The first-order valence-electron chi connectivity index (χ1n) is 5.01. The Hall–Kier alpha value is -1.64. The van der Waals surface area contributed by atoms with Gasteiger partial charge in [0.1, 0.15) is 5.82 Å². The summed E-state index contributed by atoms with van der Waals surface area (Å²) in [7, 11) is 0. The Labute approximate surface area is 90.0 Å². The van der Waals surface area contributed by atoms with Crippen molar-refractivity contribution in [2.75, 3.05) is 0 Å². The molecule has 0 radical (unpaired) electrons. The molecule has 0 saturated carbocycles. The maximum Gasteiger partial charge on any atom is 0.244 e. The van der Waals surface area contributed by atoms with Crippen molar-refractivity contribution in [1.29, 1.82) is 0 Å². The lowest BCUT2D eigenvalue weighted by molar-refractivity contribution is -0.757. The normalized spacial score (nSPS) is 11.7. The average Bonchev–Trinajstić information content (AvgIpc) is 2.67. The van der Waals surface area contributed by atoms with E-state index in [1.807, 2.05) is 39.7 Å². The fourth-order valence-electron chi connectivity index (χ4n) is 1.31. The average molecular weight is 201 g/mol. The third-order valence-corrected chi connectivity index (χ3v) is 2.20. The number of imidazole rings is 1. The highest BCUT2D eigenvalue weighted by molar-refractivity contribution is 5.19. The zero-order chi connectivity index (χ0) is 10.9. The summed E-state index contributed by atoms with van der Waals surface area (Å²) in [6.07, 6.45) is 9.00. The predicted molar refractivity (Wildman–Crippen MR) is 57.6 cm³/mol. The molecule has 3 heteroatoms. The molecule has 0 amide bonds. The molecule has 0 atom stereocenters. The number of pyridine rings is 1. The molecule has 0 aliphatic rings. The highest BCUT2D eigenvalue weighted by Gasteiger charge is 2.15. The standard InChI is InChI=1S/C12H15N3/c1-12(2,3)15-9-8-14(10-15)11-6-4-5-7-13-11/h4-9H,1-3H3. The Morgan fingerprint density at radius 2 is 2.13 bits per heavy atom. The van der Waals surface area contributed by atoms with Crippen molar-refractivity contribution in [3.05, 3.63) is 43.1 Å². The summed E-state index contributed by atoms with van der Waals surface area (Å²) in [6.45, 7) is 6.44. The van der Waals surface area contributed by atoms with E-state index in [1.54, 1.807) is 6.20 Å². The van der Waals surface area contributed by atoms with Crippen LogP contribution < -0.4 is 4.57 Å². The van der Waals surface area contributed by atoms with Crippen LogP contribution in [-0.2, 0) is 5.54 Å². The van der Waals surface area contributed by atoms with Crippen LogP contribution in [0.2, 0.25) is 0 Å². The van der Waals surface area contributed by atoms with Crippen LogP contribution in [0.4, 0.5) is 0 Å². The number of aromatic nitrogens is 3. The van der Waals surface area contributed by atoms with E-state index >= 15 is 0 Å². The summed E-state index contributed by atoms with van der Waals surface area (Å²) < 4.78 is 3.94. The lowest BCUT2D eigenvalue weighted by Crippen LogP contribution is -2.48. The molecular weight excluding hydrogens is 186 g/mol. The molecule has 0 N–H and O–H groups in total. The first-order valence-corrected chi connectivity index (χ1v) is 5.01.